The van der Waals surface area contributed by atoms with Gasteiger partial charge in [-0.1, -0.05) is 75.3 Å². The van der Waals surface area contributed by atoms with Gasteiger partial charge in [-0.05, 0) is 104 Å². The highest BCUT2D eigenvalue weighted by atomic mass is 32.1. The summed E-state index contributed by atoms with van der Waals surface area (Å²) in [5, 5.41) is 77.6. The number of rotatable bonds is 14. The van der Waals surface area contributed by atoms with Crippen molar-refractivity contribution in [2.75, 3.05) is 20.6 Å². The zero-order valence-electron chi connectivity index (χ0n) is 40.7. The molecule has 2 aliphatic rings. The maximum Gasteiger partial charge on any atom is 0.311 e. The van der Waals surface area contributed by atoms with Gasteiger partial charge in [0.1, 0.15) is 40.0 Å². The Bertz CT molecular complexity index is 2050. The van der Waals surface area contributed by atoms with Crippen LogP contribution in [0.15, 0.2) is 48.8 Å². The fourth-order valence-corrected chi connectivity index (χ4v) is 10.2. The maximum absolute atomic E-state index is 13.6. The molecule has 370 valence electrons. The van der Waals surface area contributed by atoms with Crippen LogP contribution < -0.4 is 0 Å². The smallest absolute Gasteiger partial charge is 0.311 e. The zero-order chi connectivity index (χ0) is 48.7. The van der Waals surface area contributed by atoms with E-state index in [0.29, 0.717) is 24.2 Å². The van der Waals surface area contributed by atoms with Crippen LogP contribution in [0.4, 0.5) is 0 Å². The molecule has 2 fully saturated rings. The molecule has 6 N–H and O–H groups in total. The number of hydrogen-bond acceptors (Lipinski definition) is 15. The SMILES string of the molecule is CC[C@H]1OC(=O)[C@H](C)[C@@H](O)[C@H](C)[C@@H](O[C@@H]2O[C@H](C)C[C@H](N(C)Cc3ccc(-c4cn(CCCCCCn5cccc(O)c5=S)nn4)cc3)[C@H]2O)[C@](C)(O)C[C@@H](C)CN(C)[C@H](C)[C@@H](O)[C@]1(C)O. The van der Waals surface area contributed by atoms with Crippen LogP contribution in [-0.2, 0) is 38.6 Å². The third-order valence-corrected chi connectivity index (χ3v) is 14.6. The Hall–Kier alpha value is -3.36. The van der Waals surface area contributed by atoms with Gasteiger partial charge in [0.2, 0.25) is 0 Å². The molecule has 3 aromatic rings. The Morgan fingerprint density at radius 2 is 1.64 bits per heavy atom. The molecule has 16 nitrogen and oxygen atoms in total. The minimum absolute atomic E-state index is 0.135. The Morgan fingerprint density at radius 1 is 0.970 bits per heavy atom. The van der Waals surface area contributed by atoms with Gasteiger partial charge in [-0.2, -0.15) is 0 Å². The molecule has 0 radical (unpaired) electrons. The quantitative estimate of drug-likeness (QED) is 0.0689. The number of aliphatic hydroxyl groups is 5. The average Bonchev–Trinajstić information content (AvgIpc) is 3.75. The Balaban J connectivity index is 1.23. The Kier molecular flexibility index (Phi) is 18.9. The van der Waals surface area contributed by atoms with Crippen molar-refractivity contribution < 1.29 is 49.6 Å². The fourth-order valence-electron chi connectivity index (χ4n) is 10.00. The molecule has 0 unspecified atom stereocenters. The number of esters is 1. The summed E-state index contributed by atoms with van der Waals surface area (Å²) >= 11 is 5.29. The number of likely N-dealkylation sites (N-methyl/N-ethyl adjacent to an activating group) is 2. The van der Waals surface area contributed by atoms with E-state index in [9.17, 15) is 35.4 Å². The Labute approximate surface area is 396 Å². The predicted octanol–water partition coefficient (Wildman–Crippen LogP) is 5.30. The number of aromatic hydroxyl groups is 1. The van der Waals surface area contributed by atoms with E-state index < -0.39 is 71.9 Å². The molecule has 4 heterocycles. The number of unbranched alkanes of at least 4 members (excludes halogenated alkanes) is 3. The van der Waals surface area contributed by atoms with Crippen molar-refractivity contribution in [3.8, 4) is 17.0 Å². The molecule has 17 heteroatoms. The number of benzene rings is 1. The molecule has 0 spiro atoms. The summed E-state index contributed by atoms with van der Waals surface area (Å²) < 4.78 is 23.0. The molecule has 5 rings (SSSR count). The second kappa shape index (κ2) is 23.3. The lowest BCUT2D eigenvalue weighted by Crippen LogP contribution is -2.59. The second-order valence-electron chi connectivity index (χ2n) is 19.9. The average molecular weight is 943 g/mol. The standard InChI is InChI=1S/C49H78N6O10S/c1-11-40-49(8,62)43(59)34(6)52(9)27-30(2)26-48(7,61)44(32(4)41(57)33(5)46(60)64-40)65-47-42(58)38(25-31(3)63-47)53(10)28-35-18-20-36(21-19-35)37-29-55(51-50-37)24-15-13-12-14-22-54-23-16-17-39(56)45(54)66/h16-21,23,29-34,38,40-44,47,56-59,61-62H,11-15,22,24-28H2,1-10H3/t30-,31-,32+,33-,34-,38+,40-,41+,42-,43-,44-,47+,48-,49-/m1/s1. The van der Waals surface area contributed by atoms with Gasteiger partial charge in [0.05, 0.1) is 36.0 Å². The van der Waals surface area contributed by atoms with Crippen molar-refractivity contribution in [2.24, 2.45) is 17.8 Å². The van der Waals surface area contributed by atoms with E-state index in [0.717, 1.165) is 55.6 Å². The number of carbonyl (C=O) groups is 1. The van der Waals surface area contributed by atoms with Crippen LogP contribution in [0, 0.1) is 22.4 Å². The summed E-state index contributed by atoms with van der Waals surface area (Å²) in [5.74, 6) is -2.71. The van der Waals surface area contributed by atoms with Crippen molar-refractivity contribution in [3.05, 3.63) is 59.0 Å². The van der Waals surface area contributed by atoms with E-state index >= 15 is 0 Å². The zero-order valence-corrected chi connectivity index (χ0v) is 41.5. The minimum atomic E-state index is -1.79. The maximum atomic E-state index is 13.6. The highest BCUT2D eigenvalue weighted by Gasteiger charge is 2.50. The van der Waals surface area contributed by atoms with E-state index in [1.165, 1.54) is 13.8 Å². The summed E-state index contributed by atoms with van der Waals surface area (Å²) in [4.78, 5) is 17.6. The molecule has 0 bridgehead atoms. The molecular formula is C49H78N6O10S. The van der Waals surface area contributed by atoms with Crippen LogP contribution in [0.25, 0.3) is 11.3 Å². The molecule has 2 saturated heterocycles. The van der Waals surface area contributed by atoms with Crippen molar-refractivity contribution >= 4 is 18.2 Å². The van der Waals surface area contributed by atoms with Crippen molar-refractivity contribution in [2.45, 2.75) is 186 Å². The van der Waals surface area contributed by atoms with E-state index in [1.54, 1.807) is 39.8 Å². The number of aryl methyl sites for hydroxylation is 2. The van der Waals surface area contributed by atoms with E-state index in [-0.39, 0.29) is 36.7 Å². The predicted molar refractivity (Wildman–Crippen MR) is 254 cm³/mol. The van der Waals surface area contributed by atoms with E-state index in [4.69, 9.17) is 26.4 Å². The third kappa shape index (κ3) is 13.2. The number of hydrogen-bond donors (Lipinski definition) is 6. The van der Waals surface area contributed by atoms with Gasteiger partial charge in [0.25, 0.3) is 0 Å². The lowest BCUT2D eigenvalue weighted by atomic mass is 9.78. The van der Waals surface area contributed by atoms with Gasteiger partial charge in [-0.25, -0.2) is 0 Å². The van der Waals surface area contributed by atoms with Crippen LogP contribution in [0.2, 0.25) is 0 Å². The first-order chi connectivity index (χ1) is 31.0. The lowest BCUT2D eigenvalue weighted by molar-refractivity contribution is -0.300. The van der Waals surface area contributed by atoms with Gasteiger partial charge >= 0.3 is 5.97 Å². The molecule has 0 amide bonds. The molecule has 66 heavy (non-hydrogen) atoms. The van der Waals surface area contributed by atoms with Gasteiger partial charge in [-0.15, -0.1) is 5.10 Å². The molecule has 0 saturated carbocycles. The second-order valence-corrected chi connectivity index (χ2v) is 20.3. The molecule has 14 atom stereocenters. The van der Waals surface area contributed by atoms with Crippen molar-refractivity contribution in [1.29, 1.82) is 0 Å². The molecule has 2 aromatic heterocycles. The third-order valence-electron chi connectivity index (χ3n) is 14.1. The number of aromatic nitrogens is 4. The monoisotopic (exact) mass is 943 g/mol. The number of pyridine rings is 1. The number of nitrogens with zero attached hydrogens (tertiary/aromatic N) is 6. The van der Waals surface area contributed by atoms with Crippen LogP contribution >= 0.6 is 12.2 Å². The van der Waals surface area contributed by atoms with E-state index in [1.807, 2.05) is 78.8 Å². The number of aliphatic hydroxyl groups excluding tert-OH is 3. The highest BCUT2D eigenvalue weighted by Crippen LogP contribution is 2.37. The van der Waals surface area contributed by atoms with Crippen LogP contribution in [0.3, 0.4) is 0 Å². The van der Waals surface area contributed by atoms with Crippen molar-refractivity contribution in [1.82, 2.24) is 29.4 Å². The summed E-state index contributed by atoms with van der Waals surface area (Å²) in [6.45, 7) is 16.3. The molecule has 0 aliphatic carbocycles. The van der Waals surface area contributed by atoms with Gasteiger partial charge in [0.15, 0.2) is 6.29 Å². The summed E-state index contributed by atoms with van der Waals surface area (Å²) in [7, 11) is 3.78. The van der Waals surface area contributed by atoms with Gasteiger partial charge in [-0.3, -0.25) is 14.4 Å². The minimum Gasteiger partial charge on any atom is -0.505 e. The first kappa shape index (κ1) is 53.6. The van der Waals surface area contributed by atoms with Gasteiger partial charge < -0.3 is 54.3 Å². The lowest BCUT2D eigenvalue weighted by Gasteiger charge is -2.47. The van der Waals surface area contributed by atoms with Crippen LogP contribution in [0.1, 0.15) is 106 Å². The number of cyclic esters (lactones) is 1. The largest absolute Gasteiger partial charge is 0.505 e. The van der Waals surface area contributed by atoms with Gasteiger partial charge in [0, 0.05) is 55.9 Å². The van der Waals surface area contributed by atoms with E-state index in [2.05, 4.69) is 15.2 Å². The molecule has 1 aromatic carbocycles. The topological polar surface area (TPSA) is 208 Å². The first-order valence-corrected chi connectivity index (χ1v) is 24.2. The summed E-state index contributed by atoms with van der Waals surface area (Å²) in [6, 6.07) is 10.6. The summed E-state index contributed by atoms with van der Waals surface area (Å²) in [5.41, 5.74) is -0.610. The fraction of sp³-hybridized carbons (Fsp3) is 0.714. The molecular weight excluding hydrogens is 865 g/mol. The summed E-state index contributed by atoms with van der Waals surface area (Å²) in [6.07, 6.45) is 1.41. The normalized spacial score (nSPS) is 34.5. The first-order valence-electron chi connectivity index (χ1n) is 23.8. The van der Waals surface area contributed by atoms with Crippen LogP contribution in [-0.4, -0.2) is 153 Å². The van der Waals surface area contributed by atoms with Crippen molar-refractivity contribution in [3.63, 3.8) is 0 Å². The van der Waals surface area contributed by atoms with Crippen LogP contribution in [0.5, 0.6) is 5.75 Å². The number of carbonyl (C=O) groups excluding carboxylic acids is 1. The highest BCUT2D eigenvalue weighted by molar-refractivity contribution is 7.71. The number of ether oxygens (including phenoxy) is 3. The Morgan fingerprint density at radius 3 is 2.30 bits per heavy atom. The molecule has 2 aliphatic heterocycles.